The van der Waals surface area contributed by atoms with E-state index in [1.54, 1.807) is 0 Å². The van der Waals surface area contributed by atoms with Crippen molar-refractivity contribution in [3.05, 3.63) is 54.6 Å². The number of benzene rings is 1. The fourth-order valence-electron chi connectivity index (χ4n) is 4.02. The average molecular weight is 449 g/mol. The summed E-state index contributed by atoms with van der Waals surface area (Å²) in [6, 6.07) is 9.79. The number of aliphatic carboxylic acids is 1. The average Bonchev–Trinajstić information content (AvgIpc) is 2.78. The van der Waals surface area contributed by atoms with Crippen LogP contribution in [0.2, 0.25) is 0 Å². The summed E-state index contributed by atoms with van der Waals surface area (Å²) in [4.78, 5) is 25.5. The molecule has 8 nitrogen and oxygen atoms in total. The van der Waals surface area contributed by atoms with E-state index in [1.807, 2.05) is 36.4 Å². The van der Waals surface area contributed by atoms with E-state index >= 15 is 0 Å². The zero-order chi connectivity index (χ0) is 22.5. The quantitative estimate of drug-likeness (QED) is 0.643. The van der Waals surface area contributed by atoms with Crippen molar-refractivity contribution >= 4 is 27.7 Å². The van der Waals surface area contributed by atoms with Gasteiger partial charge in [-0.15, -0.1) is 0 Å². The van der Waals surface area contributed by atoms with Crippen LogP contribution >= 0.6 is 0 Å². The molecule has 0 atom stereocenters. The predicted molar refractivity (Wildman–Crippen MR) is 117 cm³/mol. The van der Waals surface area contributed by atoms with Crippen molar-refractivity contribution in [2.75, 3.05) is 38.5 Å². The normalized spacial score (nSPS) is 19.4. The molecule has 31 heavy (non-hydrogen) atoms. The molecule has 0 spiro atoms. The van der Waals surface area contributed by atoms with Gasteiger partial charge in [-0.05, 0) is 30.4 Å². The van der Waals surface area contributed by atoms with Crippen molar-refractivity contribution in [3.63, 3.8) is 0 Å². The number of likely N-dealkylation sites (tertiary alicyclic amines) is 1. The molecule has 0 radical (unpaired) electrons. The van der Waals surface area contributed by atoms with Gasteiger partial charge in [-0.25, -0.2) is 13.2 Å². The molecule has 1 N–H and O–H groups in total. The molecule has 2 aliphatic rings. The molecular formula is C22H28N2O6S. The molecule has 3 rings (SSSR count). The van der Waals surface area contributed by atoms with E-state index in [-0.39, 0.29) is 39.1 Å². The van der Waals surface area contributed by atoms with Gasteiger partial charge in [0, 0.05) is 26.2 Å². The molecule has 2 heterocycles. The monoisotopic (exact) mass is 448 g/mol. The fraction of sp³-hybridized carbons (Fsp3) is 0.455. The van der Waals surface area contributed by atoms with Crippen LogP contribution in [-0.2, 0) is 19.6 Å². The van der Waals surface area contributed by atoms with Crippen LogP contribution in [-0.4, -0.2) is 73.3 Å². The number of carbonyl (C=O) groups excluding carboxylic acids is 1. The van der Waals surface area contributed by atoms with E-state index in [2.05, 4.69) is 6.58 Å². The Morgan fingerprint density at radius 2 is 1.84 bits per heavy atom. The number of carboxylic acid groups (broad SMARTS) is 1. The molecule has 1 fully saturated rings. The Bertz CT molecular complexity index is 949. The Morgan fingerprint density at radius 1 is 1.16 bits per heavy atom. The number of ether oxygens (including phenoxy) is 1. The van der Waals surface area contributed by atoms with Crippen LogP contribution in [0.4, 0.5) is 4.79 Å². The number of nitrogens with zero attached hydrogens (tertiary/aromatic N) is 2. The summed E-state index contributed by atoms with van der Waals surface area (Å²) in [5, 5.41) is 9.86. The molecule has 0 saturated carbocycles. The number of hydrogen-bond acceptors (Lipinski definition) is 5. The third-order valence-corrected chi connectivity index (χ3v) is 7.96. The number of hydrogen-bond donors (Lipinski definition) is 1. The highest BCUT2D eigenvalue weighted by Crippen LogP contribution is 2.35. The number of amides is 1. The summed E-state index contributed by atoms with van der Waals surface area (Å²) in [7, 11) is -3.78. The van der Waals surface area contributed by atoms with Gasteiger partial charge >= 0.3 is 12.1 Å². The number of carboxylic acids is 1. The van der Waals surface area contributed by atoms with Gasteiger partial charge in [-0.2, -0.15) is 4.31 Å². The standard InChI is InChI=1S/C22H28N2O6S/c1-2-16-30-21(27)23-14-10-22(11-15-23,20(25)26)17-31(28,29)24-12-8-19(9-13-24)18-6-4-3-5-7-18/h2-8H,1,9-17H2,(H,25,26). The first kappa shape index (κ1) is 23.0. The smallest absolute Gasteiger partial charge is 0.410 e. The first-order valence-electron chi connectivity index (χ1n) is 10.3. The third-order valence-electron chi connectivity index (χ3n) is 5.93. The number of rotatable bonds is 7. The van der Waals surface area contributed by atoms with Gasteiger partial charge in [0.2, 0.25) is 10.0 Å². The lowest BCUT2D eigenvalue weighted by molar-refractivity contribution is -0.150. The molecule has 0 bridgehead atoms. The molecule has 1 aromatic rings. The summed E-state index contributed by atoms with van der Waals surface area (Å²) >= 11 is 0. The SMILES string of the molecule is C=CCOC(=O)N1CCC(CS(=O)(=O)N2CC=C(c3ccccc3)CC2)(C(=O)O)CC1. The van der Waals surface area contributed by atoms with Gasteiger partial charge in [-0.3, -0.25) is 4.79 Å². The van der Waals surface area contributed by atoms with Gasteiger partial charge < -0.3 is 14.7 Å². The molecule has 1 saturated heterocycles. The minimum atomic E-state index is -3.78. The lowest BCUT2D eigenvalue weighted by Gasteiger charge is -2.39. The lowest BCUT2D eigenvalue weighted by Crippen LogP contribution is -2.51. The van der Waals surface area contributed by atoms with Gasteiger partial charge in [-0.1, -0.05) is 49.1 Å². The van der Waals surface area contributed by atoms with Crippen LogP contribution in [0.1, 0.15) is 24.8 Å². The van der Waals surface area contributed by atoms with E-state index in [4.69, 9.17) is 4.74 Å². The Morgan fingerprint density at radius 3 is 2.39 bits per heavy atom. The van der Waals surface area contributed by atoms with Gasteiger partial charge in [0.05, 0.1) is 11.2 Å². The predicted octanol–water partition coefficient (Wildman–Crippen LogP) is 2.59. The molecular weight excluding hydrogens is 420 g/mol. The van der Waals surface area contributed by atoms with Crippen LogP contribution in [0.5, 0.6) is 0 Å². The van der Waals surface area contributed by atoms with Crippen LogP contribution < -0.4 is 0 Å². The zero-order valence-electron chi connectivity index (χ0n) is 17.4. The molecule has 0 aliphatic carbocycles. The summed E-state index contributed by atoms with van der Waals surface area (Å²) in [5.74, 6) is -1.62. The zero-order valence-corrected chi connectivity index (χ0v) is 18.2. The second-order valence-electron chi connectivity index (χ2n) is 7.90. The van der Waals surface area contributed by atoms with E-state index in [9.17, 15) is 23.1 Å². The summed E-state index contributed by atoms with van der Waals surface area (Å²) in [5.41, 5.74) is 0.737. The maximum Gasteiger partial charge on any atom is 0.410 e. The maximum absolute atomic E-state index is 13.1. The highest BCUT2D eigenvalue weighted by atomic mass is 32.2. The fourth-order valence-corrected chi connectivity index (χ4v) is 5.98. The topological polar surface area (TPSA) is 104 Å². The summed E-state index contributed by atoms with van der Waals surface area (Å²) < 4.78 is 32.5. The number of piperidine rings is 1. The van der Waals surface area contributed by atoms with E-state index in [0.29, 0.717) is 13.0 Å². The van der Waals surface area contributed by atoms with E-state index in [0.717, 1.165) is 11.1 Å². The molecule has 9 heteroatoms. The molecule has 1 amide bonds. The largest absolute Gasteiger partial charge is 0.481 e. The molecule has 168 valence electrons. The minimum Gasteiger partial charge on any atom is -0.481 e. The van der Waals surface area contributed by atoms with Crippen LogP contribution in [0.15, 0.2) is 49.1 Å². The Labute approximate surface area is 182 Å². The molecule has 2 aliphatic heterocycles. The van der Waals surface area contributed by atoms with Gasteiger partial charge in [0.15, 0.2) is 0 Å². The lowest BCUT2D eigenvalue weighted by atomic mass is 9.80. The van der Waals surface area contributed by atoms with Crippen molar-refractivity contribution in [2.45, 2.75) is 19.3 Å². The van der Waals surface area contributed by atoms with Crippen molar-refractivity contribution in [3.8, 4) is 0 Å². The number of sulfonamides is 1. The van der Waals surface area contributed by atoms with E-state index in [1.165, 1.54) is 15.3 Å². The first-order valence-corrected chi connectivity index (χ1v) is 11.9. The Balaban J connectivity index is 1.66. The van der Waals surface area contributed by atoms with Gasteiger partial charge in [0.1, 0.15) is 6.61 Å². The van der Waals surface area contributed by atoms with E-state index < -0.39 is 33.3 Å². The summed E-state index contributed by atoms with van der Waals surface area (Å²) in [6.07, 6.45) is 3.49. The van der Waals surface area contributed by atoms with Crippen LogP contribution in [0, 0.1) is 5.41 Å². The van der Waals surface area contributed by atoms with Crippen LogP contribution in [0.25, 0.3) is 5.57 Å². The van der Waals surface area contributed by atoms with Crippen molar-refractivity contribution < 1.29 is 27.9 Å². The Hall–Kier alpha value is -2.65. The summed E-state index contributed by atoms with van der Waals surface area (Å²) in [6.45, 7) is 4.36. The van der Waals surface area contributed by atoms with Crippen molar-refractivity contribution in [2.24, 2.45) is 5.41 Å². The molecule has 0 unspecified atom stereocenters. The Kier molecular flexibility index (Phi) is 7.17. The first-order chi connectivity index (χ1) is 14.8. The highest BCUT2D eigenvalue weighted by molar-refractivity contribution is 7.89. The second kappa shape index (κ2) is 9.65. The number of carbonyl (C=O) groups is 2. The van der Waals surface area contributed by atoms with Crippen LogP contribution in [0.3, 0.4) is 0 Å². The molecule has 1 aromatic carbocycles. The maximum atomic E-state index is 13.1. The highest BCUT2D eigenvalue weighted by Gasteiger charge is 2.47. The second-order valence-corrected chi connectivity index (χ2v) is 9.87. The molecule has 0 aromatic heterocycles. The van der Waals surface area contributed by atoms with Crippen molar-refractivity contribution in [1.29, 1.82) is 0 Å². The minimum absolute atomic E-state index is 0.0592. The third kappa shape index (κ3) is 5.34. The van der Waals surface area contributed by atoms with Gasteiger partial charge in [0.25, 0.3) is 0 Å². The van der Waals surface area contributed by atoms with Crippen molar-refractivity contribution in [1.82, 2.24) is 9.21 Å².